The van der Waals surface area contributed by atoms with Gasteiger partial charge in [-0.25, -0.2) is 26.3 Å². The van der Waals surface area contributed by atoms with Crippen molar-refractivity contribution >= 4 is 23.2 Å². The van der Waals surface area contributed by atoms with Crippen LogP contribution in [0.2, 0.25) is 0 Å². The van der Waals surface area contributed by atoms with Crippen molar-refractivity contribution in [3.05, 3.63) is 0 Å². The lowest BCUT2D eigenvalue weighted by atomic mass is 9.92. The predicted octanol–water partition coefficient (Wildman–Crippen LogP) is 4.64. The molecule has 0 aromatic heterocycles. The minimum atomic E-state index is -3.28. The quantitative estimate of drug-likeness (QED) is 0.450. The molecular formula is C8H8Cl2F6. The van der Waals surface area contributed by atoms with Crippen LogP contribution < -0.4 is 0 Å². The van der Waals surface area contributed by atoms with Gasteiger partial charge in [0.25, 0.3) is 11.8 Å². The summed E-state index contributed by atoms with van der Waals surface area (Å²) in [5.74, 6) is -6.57. The summed E-state index contributed by atoms with van der Waals surface area (Å²) in [5, 5.41) is -5.49. The zero-order valence-electron chi connectivity index (χ0n) is 7.85. The summed E-state index contributed by atoms with van der Waals surface area (Å²) in [6.07, 6.45) is -1.32. The first kappa shape index (κ1) is 14.2. The van der Waals surface area contributed by atoms with Crippen LogP contribution in [0.25, 0.3) is 0 Å². The number of hydrogen-bond acceptors (Lipinski definition) is 0. The third-order valence-corrected chi connectivity index (χ3v) is 3.51. The fraction of sp³-hybridized carbons (Fsp3) is 1.00. The monoisotopic (exact) mass is 288 g/mol. The van der Waals surface area contributed by atoms with Crippen LogP contribution >= 0.6 is 23.2 Å². The van der Waals surface area contributed by atoms with E-state index < -0.39 is 34.9 Å². The lowest BCUT2D eigenvalue weighted by Gasteiger charge is -2.37. The molecule has 2 rings (SSSR count). The summed E-state index contributed by atoms with van der Waals surface area (Å²) in [4.78, 5) is 0. The molecule has 0 saturated heterocycles. The zero-order valence-corrected chi connectivity index (χ0v) is 9.36. The van der Waals surface area contributed by atoms with Crippen LogP contribution in [0, 0.1) is 0 Å². The van der Waals surface area contributed by atoms with E-state index in [9.17, 15) is 26.3 Å². The molecule has 0 heterocycles. The second-order valence-electron chi connectivity index (χ2n) is 3.82. The highest BCUT2D eigenvalue weighted by Crippen LogP contribution is 2.53. The van der Waals surface area contributed by atoms with E-state index in [0.29, 0.717) is 0 Å². The molecule has 0 bridgehead atoms. The molecule has 2 unspecified atom stereocenters. The van der Waals surface area contributed by atoms with Crippen molar-refractivity contribution in [2.75, 3.05) is 0 Å². The van der Waals surface area contributed by atoms with Crippen molar-refractivity contribution in [2.24, 2.45) is 0 Å². The van der Waals surface area contributed by atoms with Crippen molar-refractivity contribution in [1.82, 2.24) is 0 Å². The fourth-order valence-corrected chi connectivity index (χ4v) is 1.38. The summed E-state index contributed by atoms with van der Waals surface area (Å²) >= 11 is 9.36. The molecule has 96 valence electrons. The summed E-state index contributed by atoms with van der Waals surface area (Å²) in [5.41, 5.74) is 0. The Balaban J connectivity index is 0.000000160. The highest BCUT2D eigenvalue weighted by Gasteiger charge is 2.62. The van der Waals surface area contributed by atoms with Crippen molar-refractivity contribution in [3.63, 3.8) is 0 Å². The molecule has 0 amide bonds. The average molecular weight is 289 g/mol. The van der Waals surface area contributed by atoms with E-state index in [0.717, 1.165) is 0 Å². The molecule has 0 spiro atoms. The standard InChI is InChI=1S/2C4H4ClF3/c2*5-3(6)1-2-4(3,7)8/h2*1-2H2. The maximum Gasteiger partial charge on any atom is 0.295 e. The number of alkyl halides is 8. The molecule has 0 N–H and O–H groups in total. The highest BCUT2D eigenvalue weighted by atomic mass is 35.5. The Morgan fingerprint density at radius 1 is 0.562 bits per heavy atom. The van der Waals surface area contributed by atoms with Crippen LogP contribution in [0.3, 0.4) is 0 Å². The first-order valence-electron chi connectivity index (χ1n) is 4.43. The second-order valence-corrected chi connectivity index (χ2v) is 5.02. The topological polar surface area (TPSA) is 0 Å². The Bertz CT molecular complexity index is 220. The molecule has 0 radical (unpaired) electrons. The number of halogens is 8. The lowest BCUT2D eigenvalue weighted by molar-refractivity contribution is -0.166. The third kappa shape index (κ3) is 2.37. The van der Waals surface area contributed by atoms with Gasteiger partial charge in [-0.3, -0.25) is 0 Å². The molecule has 0 aromatic rings. The van der Waals surface area contributed by atoms with Crippen LogP contribution in [-0.2, 0) is 0 Å². The van der Waals surface area contributed by atoms with E-state index in [4.69, 9.17) is 0 Å². The molecule has 0 nitrogen and oxygen atoms in total. The van der Waals surface area contributed by atoms with E-state index >= 15 is 0 Å². The number of rotatable bonds is 0. The van der Waals surface area contributed by atoms with E-state index in [1.54, 1.807) is 0 Å². The average Bonchev–Trinajstić information content (AvgIpc) is 2.15. The summed E-state index contributed by atoms with van der Waals surface area (Å²) in [6, 6.07) is 0. The third-order valence-electron chi connectivity index (χ3n) is 2.58. The van der Waals surface area contributed by atoms with Gasteiger partial charge in [0.15, 0.2) is 0 Å². The minimum absolute atomic E-state index is 0.235. The van der Waals surface area contributed by atoms with Gasteiger partial charge in [0.05, 0.1) is 0 Å². The smallest absolute Gasteiger partial charge is 0.220 e. The van der Waals surface area contributed by atoms with Gasteiger partial charge < -0.3 is 0 Å². The zero-order chi connectivity index (χ0) is 12.8. The SMILES string of the molecule is FC1(F)CCC1(F)Cl.FC1(F)CCC1(F)Cl. The van der Waals surface area contributed by atoms with Gasteiger partial charge in [0.1, 0.15) is 0 Å². The maximum absolute atomic E-state index is 12.0. The van der Waals surface area contributed by atoms with Crippen molar-refractivity contribution in [1.29, 1.82) is 0 Å². The van der Waals surface area contributed by atoms with Crippen LogP contribution in [0.5, 0.6) is 0 Å². The minimum Gasteiger partial charge on any atom is -0.220 e. The van der Waals surface area contributed by atoms with Gasteiger partial charge in [0.2, 0.25) is 10.3 Å². The number of hydrogen-bond donors (Lipinski definition) is 0. The van der Waals surface area contributed by atoms with Gasteiger partial charge in [-0.05, 0) is 0 Å². The Kier molecular flexibility index (Phi) is 3.41. The Morgan fingerprint density at radius 2 is 0.750 bits per heavy atom. The van der Waals surface area contributed by atoms with Gasteiger partial charge >= 0.3 is 0 Å². The van der Waals surface area contributed by atoms with E-state index in [1.807, 2.05) is 0 Å². The van der Waals surface area contributed by atoms with Crippen LogP contribution in [-0.4, -0.2) is 22.1 Å². The first-order valence-corrected chi connectivity index (χ1v) is 5.18. The Labute approximate surface area is 97.9 Å². The van der Waals surface area contributed by atoms with Crippen LogP contribution in [0.15, 0.2) is 0 Å². The summed E-state index contributed by atoms with van der Waals surface area (Å²) < 4.78 is 71.2. The van der Waals surface area contributed by atoms with Crippen LogP contribution in [0.4, 0.5) is 26.3 Å². The summed E-state index contributed by atoms with van der Waals surface area (Å²) in [6.45, 7) is 0. The molecular weight excluding hydrogens is 281 g/mol. The van der Waals surface area contributed by atoms with Gasteiger partial charge in [-0.2, -0.15) is 0 Å². The highest BCUT2D eigenvalue weighted by molar-refractivity contribution is 6.24. The largest absolute Gasteiger partial charge is 0.295 e. The van der Waals surface area contributed by atoms with Crippen LogP contribution in [0.1, 0.15) is 25.7 Å². The van der Waals surface area contributed by atoms with E-state index in [1.165, 1.54) is 0 Å². The lowest BCUT2D eigenvalue weighted by Crippen LogP contribution is -2.49. The molecule has 0 aromatic carbocycles. The molecule has 2 atom stereocenters. The van der Waals surface area contributed by atoms with Crippen molar-refractivity contribution in [3.8, 4) is 0 Å². The molecule has 2 aliphatic carbocycles. The maximum atomic E-state index is 12.0. The van der Waals surface area contributed by atoms with Crippen molar-refractivity contribution < 1.29 is 26.3 Å². The Morgan fingerprint density at radius 3 is 0.750 bits per heavy atom. The molecule has 2 aliphatic rings. The van der Waals surface area contributed by atoms with Gasteiger partial charge in [-0.15, -0.1) is 0 Å². The fourth-order valence-electron chi connectivity index (χ4n) is 1.01. The van der Waals surface area contributed by atoms with E-state index in [-0.39, 0.29) is 12.8 Å². The molecule has 16 heavy (non-hydrogen) atoms. The first-order chi connectivity index (χ1) is 6.91. The summed E-state index contributed by atoms with van der Waals surface area (Å²) in [7, 11) is 0. The second kappa shape index (κ2) is 3.83. The molecule has 2 saturated carbocycles. The van der Waals surface area contributed by atoms with Crippen molar-refractivity contribution in [2.45, 2.75) is 47.8 Å². The molecule has 8 heteroatoms. The predicted molar refractivity (Wildman–Crippen MR) is 47.7 cm³/mol. The van der Waals surface area contributed by atoms with Gasteiger partial charge in [0, 0.05) is 25.7 Å². The van der Waals surface area contributed by atoms with E-state index in [2.05, 4.69) is 23.2 Å². The van der Waals surface area contributed by atoms with Gasteiger partial charge in [-0.1, -0.05) is 23.2 Å². The Hall–Kier alpha value is 0.160. The molecule has 2 fully saturated rings. The normalized spacial score (nSPS) is 43.5. The molecule has 0 aliphatic heterocycles.